The molecule has 0 bridgehead atoms. The van der Waals surface area contributed by atoms with Gasteiger partial charge in [-0.15, -0.1) is 23.1 Å². The zero-order chi connectivity index (χ0) is 13.8. The van der Waals surface area contributed by atoms with Gasteiger partial charge in [-0.25, -0.2) is 0 Å². The van der Waals surface area contributed by atoms with Crippen molar-refractivity contribution < 1.29 is 0 Å². The molecule has 1 aromatic heterocycles. The number of hydrogen-bond acceptors (Lipinski definition) is 3. The summed E-state index contributed by atoms with van der Waals surface area (Å²) in [5.41, 5.74) is 9.57. The van der Waals surface area contributed by atoms with Gasteiger partial charge in [0, 0.05) is 26.5 Å². The minimum Gasteiger partial charge on any atom is -0.320 e. The molecule has 2 N–H and O–H groups in total. The van der Waals surface area contributed by atoms with Crippen molar-refractivity contribution in [3.8, 4) is 11.8 Å². The highest BCUT2D eigenvalue weighted by molar-refractivity contribution is 7.98. The maximum absolute atomic E-state index is 5.39. The molecule has 0 saturated heterocycles. The Balaban J connectivity index is 1.63. The molecule has 1 heterocycles. The Hall–Kier alpha value is -1.21. The molecule has 20 heavy (non-hydrogen) atoms. The molecule has 0 unspecified atom stereocenters. The predicted molar refractivity (Wildman–Crippen MR) is 88.3 cm³/mol. The second-order valence-electron chi connectivity index (χ2n) is 4.88. The molecule has 0 amide bonds. The van der Waals surface area contributed by atoms with Gasteiger partial charge in [-0.05, 0) is 48.6 Å². The fraction of sp³-hybridized carbons (Fsp3) is 0.294. The van der Waals surface area contributed by atoms with Crippen LogP contribution in [0.2, 0.25) is 0 Å². The number of nitrogens with two attached hydrogens (primary N) is 1. The van der Waals surface area contributed by atoms with Gasteiger partial charge in [-0.3, -0.25) is 0 Å². The van der Waals surface area contributed by atoms with Crippen molar-refractivity contribution in [2.24, 2.45) is 5.73 Å². The quantitative estimate of drug-likeness (QED) is 0.688. The SMILES string of the molecule is NCC#Cc1csc(CSc2ccc3c(c2)CCC3)c1. The largest absolute Gasteiger partial charge is 0.320 e. The Kier molecular flexibility index (Phi) is 4.47. The maximum atomic E-state index is 5.39. The van der Waals surface area contributed by atoms with E-state index in [1.165, 1.54) is 29.0 Å². The average Bonchev–Trinajstić information content (AvgIpc) is 3.11. The lowest BCUT2D eigenvalue weighted by Crippen LogP contribution is -1.92. The predicted octanol–water partition coefficient (Wildman–Crippen LogP) is 3.84. The summed E-state index contributed by atoms with van der Waals surface area (Å²) in [7, 11) is 0. The molecule has 0 radical (unpaired) electrons. The minimum absolute atomic E-state index is 0.426. The fourth-order valence-electron chi connectivity index (χ4n) is 2.47. The van der Waals surface area contributed by atoms with Crippen LogP contribution in [0.4, 0.5) is 0 Å². The lowest BCUT2D eigenvalue weighted by Gasteiger charge is -2.03. The summed E-state index contributed by atoms with van der Waals surface area (Å²) in [6.45, 7) is 0.426. The highest BCUT2D eigenvalue weighted by Crippen LogP contribution is 2.30. The second-order valence-corrected chi connectivity index (χ2v) is 6.92. The Labute approximate surface area is 128 Å². The van der Waals surface area contributed by atoms with E-state index in [9.17, 15) is 0 Å². The van der Waals surface area contributed by atoms with Crippen LogP contribution in [0.25, 0.3) is 0 Å². The number of fused-ring (bicyclic) bond motifs is 1. The van der Waals surface area contributed by atoms with Gasteiger partial charge in [-0.1, -0.05) is 17.9 Å². The monoisotopic (exact) mass is 299 g/mol. The van der Waals surface area contributed by atoms with Crippen molar-refractivity contribution in [3.05, 3.63) is 51.2 Å². The topological polar surface area (TPSA) is 26.0 Å². The summed E-state index contributed by atoms with van der Waals surface area (Å²) in [6, 6.07) is 9.11. The van der Waals surface area contributed by atoms with Gasteiger partial charge >= 0.3 is 0 Å². The smallest absolute Gasteiger partial charge is 0.0555 e. The molecule has 0 aliphatic heterocycles. The molecular weight excluding hydrogens is 282 g/mol. The van der Waals surface area contributed by atoms with Crippen molar-refractivity contribution in [2.75, 3.05) is 6.54 Å². The molecule has 2 aromatic rings. The molecule has 0 atom stereocenters. The van der Waals surface area contributed by atoms with Gasteiger partial charge in [0.15, 0.2) is 0 Å². The highest BCUT2D eigenvalue weighted by Gasteiger charge is 2.11. The van der Waals surface area contributed by atoms with Crippen molar-refractivity contribution >= 4 is 23.1 Å². The van der Waals surface area contributed by atoms with E-state index in [-0.39, 0.29) is 0 Å². The van der Waals surface area contributed by atoms with E-state index < -0.39 is 0 Å². The van der Waals surface area contributed by atoms with Crippen molar-refractivity contribution in [1.82, 2.24) is 0 Å². The second kappa shape index (κ2) is 6.49. The first-order valence-corrected chi connectivity index (χ1v) is 8.72. The summed E-state index contributed by atoms with van der Waals surface area (Å²) in [5.74, 6) is 7.00. The third kappa shape index (κ3) is 3.27. The minimum atomic E-state index is 0.426. The van der Waals surface area contributed by atoms with E-state index in [0.29, 0.717) is 6.54 Å². The van der Waals surface area contributed by atoms with E-state index in [1.807, 2.05) is 11.8 Å². The number of rotatable bonds is 3. The highest BCUT2D eigenvalue weighted by atomic mass is 32.2. The third-order valence-electron chi connectivity index (χ3n) is 3.44. The van der Waals surface area contributed by atoms with Gasteiger partial charge < -0.3 is 5.73 Å². The van der Waals surface area contributed by atoms with Crippen LogP contribution in [0.1, 0.15) is 28.0 Å². The molecule has 3 heteroatoms. The number of benzene rings is 1. The van der Waals surface area contributed by atoms with Crippen LogP contribution in [0.3, 0.4) is 0 Å². The number of thioether (sulfide) groups is 1. The van der Waals surface area contributed by atoms with E-state index in [1.54, 1.807) is 22.5 Å². The summed E-state index contributed by atoms with van der Waals surface area (Å²) in [6.07, 6.45) is 3.83. The van der Waals surface area contributed by atoms with Gasteiger partial charge in [0.2, 0.25) is 0 Å². The van der Waals surface area contributed by atoms with Crippen molar-refractivity contribution in [2.45, 2.75) is 29.9 Å². The lowest BCUT2D eigenvalue weighted by atomic mass is 10.1. The first kappa shape index (κ1) is 13.8. The fourth-order valence-corrected chi connectivity index (χ4v) is 4.30. The number of aryl methyl sites for hydroxylation is 2. The normalized spacial score (nSPS) is 12.8. The van der Waals surface area contributed by atoms with Crippen molar-refractivity contribution in [1.29, 1.82) is 0 Å². The standard InChI is InChI=1S/C17H17NS2/c18-8-2-3-13-9-17(19-11-13)12-20-16-7-6-14-4-1-5-15(14)10-16/h6-7,9-11H,1,4-5,8,12,18H2. The van der Waals surface area contributed by atoms with Gasteiger partial charge in [0.05, 0.1) is 6.54 Å². The molecule has 0 spiro atoms. The van der Waals surface area contributed by atoms with Crippen LogP contribution >= 0.6 is 23.1 Å². The van der Waals surface area contributed by atoms with E-state index >= 15 is 0 Å². The van der Waals surface area contributed by atoms with Crippen LogP contribution < -0.4 is 5.73 Å². The van der Waals surface area contributed by atoms with Crippen LogP contribution in [0, 0.1) is 11.8 Å². The van der Waals surface area contributed by atoms with E-state index in [2.05, 4.69) is 41.5 Å². The van der Waals surface area contributed by atoms with Gasteiger partial charge in [-0.2, -0.15) is 0 Å². The Morgan fingerprint density at radius 2 is 2.10 bits per heavy atom. The van der Waals surface area contributed by atoms with Gasteiger partial charge in [0.25, 0.3) is 0 Å². The van der Waals surface area contributed by atoms with Crippen LogP contribution in [0.15, 0.2) is 34.5 Å². The molecule has 0 saturated carbocycles. The zero-order valence-corrected chi connectivity index (χ0v) is 12.9. The Bertz CT molecular complexity index is 661. The summed E-state index contributed by atoms with van der Waals surface area (Å²) < 4.78 is 0. The molecule has 1 aliphatic carbocycles. The molecule has 1 nitrogen and oxygen atoms in total. The lowest BCUT2D eigenvalue weighted by molar-refractivity contribution is 0.911. The third-order valence-corrected chi connectivity index (χ3v) is 5.60. The molecule has 1 aromatic carbocycles. The van der Waals surface area contributed by atoms with Crippen LogP contribution in [0.5, 0.6) is 0 Å². The average molecular weight is 299 g/mol. The van der Waals surface area contributed by atoms with Crippen LogP contribution in [-0.4, -0.2) is 6.54 Å². The van der Waals surface area contributed by atoms with Crippen molar-refractivity contribution in [3.63, 3.8) is 0 Å². The summed E-state index contributed by atoms with van der Waals surface area (Å²) >= 11 is 3.69. The number of hydrogen-bond donors (Lipinski definition) is 1. The van der Waals surface area contributed by atoms with E-state index in [4.69, 9.17) is 5.73 Å². The zero-order valence-electron chi connectivity index (χ0n) is 11.3. The molecular formula is C17H17NS2. The Morgan fingerprint density at radius 3 is 3.00 bits per heavy atom. The molecule has 0 fully saturated rings. The summed E-state index contributed by atoms with van der Waals surface area (Å²) in [5, 5.41) is 2.11. The van der Waals surface area contributed by atoms with Crippen LogP contribution in [-0.2, 0) is 18.6 Å². The molecule has 3 rings (SSSR count). The first-order valence-electron chi connectivity index (χ1n) is 6.86. The molecule has 1 aliphatic rings. The van der Waals surface area contributed by atoms with E-state index in [0.717, 1.165) is 11.3 Å². The van der Waals surface area contributed by atoms with Gasteiger partial charge in [0.1, 0.15) is 0 Å². The number of thiophene rings is 1. The Morgan fingerprint density at radius 1 is 1.20 bits per heavy atom. The maximum Gasteiger partial charge on any atom is 0.0555 e. The molecule has 102 valence electrons. The summed E-state index contributed by atoms with van der Waals surface area (Å²) in [4.78, 5) is 2.76. The first-order chi connectivity index (χ1) is 9.85.